The number of aromatic nitrogens is 1. The number of rotatable bonds is 15. The molecule has 0 radical (unpaired) electrons. The number of methoxy groups -OCH3 is 1. The fraction of sp³-hybridized carbons (Fsp3) is 0.378. The zero-order valence-electron chi connectivity index (χ0n) is 27.3. The summed E-state index contributed by atoms with van der Waals surface area (Å²) in [6.45, 7) is 6.02. The van der Waals surface area contributed by atoms with Crippen molar-refractivity contribution < 1.29 is 33.3 Å². The van der Waals surface area contributed by atoms with Gasteiger partial charge in [-0.3, -0.25) is 14.6 Å². The Bertz CT molecular complexity index is 1700. The monoisotopic (exact) mass is 643 g/mol. The molecule has 1 fully saturated rings. The number of fused-ring (bicyclic) bond motifs is 1. The van der Waals surface area contributed by atoms with E-state index in [9.17, 15) is 19.1 Å². The second kappa shape index (κ2) is 14.4. The number of hydrogen-bond donors (Lipinski definition) is 3. The van der Waals surface area contributed by atoms with Gasteiger partial charge in [0.2, 0.25) is 11.8 Å². The van der Waals surface area contributed by atoms with Gasteiger partial charge < -0.3 is 30.0 Å². The first-order valence-electron chi connectivity index (χ1n) is 16.0. The summed E-state index contributed by atoms with van der Waals surface area (Å²) in [5.41, 5.74) is 0.145. The Kier molecular flexibility index (Phi) is 10.3. The summed E-state index contributed by atoms with van der Waals surface area (Å²) in [6, 6.07) is 18.2. The molecule has 1 atom stereocenters. The van der Waals surface area contributed by atoms with Crippen LogP contribution in [0.25, 0.3) is 10.9 Å². The number of benzene rings is 3. The molecule has 1 aliphatic carbocycles. The zero-order chi connectivity index (χ0) is 33.6. The van der Waals surface area contributed by atoms with Gasteiger partial charge in [0.1, 0.15) is 22.7 Å². The van der Waals surface area contributed by atoms with Gasteiger partial charge in [-0.1, -0.05) is 25.5 Å². The first-order valence-corrected chi connectivity index (χ1v) is 16.0. The Hall–Kier alpha value is -4.70. The maximum absolute atomic E-state index is 13.4. The molecule has 1 aliphatic rings. The summed E-state index contributed by atoms with van der Waals surface area (Å²) in [5, 5.41) is 16.6. The highest BCUT2D eigenvalue weighted by atomic mass is 19.1. The quantitative estimate of drug-likeness (QED) is 0.0908. The van der Waals surface area contributed by atoms with Crippen LogP contribution in [0.1, 0.15) is 70.9 Å². The largest absolute Gasteiger partial charge is 0.493 e. The van der Waals surface area contributed by atoms with Gasteiger partial charge in [0.15, 0.2) is 11.5 Å². The van der Waals surface area contributed by atoms with E-state index < -0.39 is 16.8 Å². The maximum Gasteiger partial charge on any atom is 0.240 e. The van der Waals surface area contributed by atoms with Crippen LogP contribution in [-0.2, 0) is 9.59 Å². The number of carbonyl (C=O) groups excluding carboxylic acids is 2. The smallest absolute Gasteiger partial charge is 0.240 e. The molecule has 2 amide bonds. The minimum absolute atomic E-state index is 0.287. The van der Waals surface area contributed by atoms with Gasteiger partial charge in [-0.2, -0.15) is 0 Å². The van der Waals surface area contributed by atoms with E-state index in [4.69, 9.17) is 14.2 Å². The highest BCUT2D eigenvalue weighted by Crippen LogP contribution is 2.47. The minimum atomic E-state index is -1.13. The van der Waals surface area contributed by atoms with Crippen LogP contribution in [0, 0.1) is 11.2 Å². The van der Waals surface area contributed by atoms with E-state index in [-0.39, 0.29) is 17.9 Å². The Labute approximate surface area is 274 Å². The maximum atomic E-state index is 13.4. The van der Waals surface area contributed by atoms with Crippen LogP contribution in [0.15, 0.2) is 72.9 Å². The second-order valence-corrected chi connectivity index (χ2v) is 12.6. The number of ether oxygens (including phenoxy) is 3. The number of nitrogens with one attached hydrogen (secondary N) is 2. The molecule has 9 nitrogen and oxygen atoms in total. The fourth-order valence-electron chi connectivity index (χ4n) is 5.45. The third kappa shape index (κ3) is 8.37. The number of aliphatic hydroxyl groups is 1. The molecule has 248 valence electrons. The lowest BCUT2D eigenvalue weighted by molar-refractivity contribution is -0.135. The van der Waals surface area contributed by atoms with Crippen molar-refractivity contribution in [3.8, 4) is 23.0 Å². The number of nitrogens with zero attached hydrogens (tertiary/aromatic N) is 1. The minimum Gasteiger partial charge on any atom is -0.493 e. The van der Waals surface area contributed by atoms with Crippen molar-refractivity contribution in [3.05, 3.63) is 84.3 Å². The van der Waals surface area contributed by atoms with Crippen molar-refractivity contribution in [1.82, 2.24) is 10.3 Å². The Morgan fingerprint density at radius 3 is 2.36 bits per heavy atom. The molecule has 1 unspecified atom stereocenters. The van der Waals surface area contributed by atoms with Gasteiger partial charge in [0.25, 0.3) is 0 Å². The van der Waals surface area contributed by atoms with E-state index in [1.165, 1.54) is 24.3 Å². The van der Waals surface area contributed by atoms with Gasteiger partial charge >= 0.3 is 0 Å². The number of amides is 2. The third-order valence-corrected chi connectivity index (χ3v) is 8.29. The first-order chi connectivity index (χ1) is 22.5. The summed E-state index contributed by atoms with van der Waals surface area (Å²) in [7, 11) is 1.58. The van der Waals surface area contributed by atoms with E-state index in [2.05, 4.69) is 15.6 Å². The van der Waals surface area contributed by atoms with E-state index in [0.717, 1.165) is 17.4 Å². The molecule has 3 aromatic carbocycles. The Morgan fingerprint density at radius 1 is 1.00 bits per heavy atom. The van der Waals surface area contributed by atoms with Crippen LogP contribution in [0.5, 0.6) is 23.0 Å². The number of pyridine rings is 1. The van der Waals surface area contributed by atoms with Gasteiger partial charge in [-0.05, 0) is 100 Å². The highest BCUT2D eigenvalue weighted by Gasteiger charge is 2.56. The summed E-state index contributed by atoms with van der Waals surface area (Å²) < 4.78 is 31.1. The molecule has 3 N–H and O–H groups in total. The molecule has 1 saturated carbocycles. The van der Waals surface area contributed by atoms with Crippen LogP contribution >= 0.6 is 0 Å². The van der Waals surface area contributed by atoms with Crippen molar-refractivity contribution in [2.45, 2.75) is 70.9 Å². The molecular formula is C37H42FN3O6. The van der Waals surface area contributed by atoms with Crippen LogP contribution in [0.3, 0.4) is 0 Å². The predicted molar refractivity (Wildman–Crippen MR) is 178 cm³/mol. The average Bonchev–Trinajstić information content (AvgIpc) is 3.86. The molecular weight excluding hydrogens is 601 g/mol. The summed E-state index contributed by atoms with van der Waals surface area (Å²) in [6.07, 6.45) is 5.40. The number of carbonyl (C=O) groups is 2. The van der Waals surface area contributed by atoms with Crippen LogP contribution < -0.4 is 24.8 Å². The summed E-state index contributed by atoms with van der Waals surface area (Å²) in [4.78, 5) is 31.0. The number of anilines is 1. The molecule has 1 heterocycles. The lowest BCUT2D eigenvalue weighted by Gasteiger charge is -2.23. The van der Waals surface area contributed by atoms with Crippen molar-refractivity contribution in [3.63, 3.8) is 0 Å². The molecule has 0 spiro atoms. The predicted octanol–water partition coefficient (Wildman–Crippen LogP) is 7.48. The molecule has 10 heteroatoms. The van der Waals surface area contributed by atoms with E-state index in [0.29, 0.717) is 72.9 Å². The topological polar surface area (TPSA) is 119 Å². The van der Waals surface area contributed by atoms with Crippen molar-refractivity contribution in [1.29, 1.82) is 0 Å². The van der Waals surface area contributed by atoms with Crippen LogP contribution in [0.2, 0.25) is 0 Å². The number of halogens is 1. The van der Waals surface area contributed by atoms with Crippen LogP contribution in [-0.4, -0.2) is 41.2 Å². The molecule has 4 aromatic rings. The lowest BCUT2D eigenvalue weighted by atomic mass is 9.99. The van der Waals surface area contributed by atoms with Crippen molar-refractivity contribution >= 4 is 28.4 Å². The molecule has 0 saturated heterocycles. The van der Waals surface area contributed by atoms with E-state index >= 15 is 0 Å². The standard InChI is InChI=1S/C37H42FN3O6/c1-5-7-29(41-35(43)37(18-19-37)34(42)40-26-12-10-25(38)11-13-26)24-8-14-27(15-9-24)47-31-16-20-39-30-23-33(32(45-4)22-28(30)31)46-21-6-17-36(2,3)44/h8-16,20,22-23,29,44H,5-7,17-19,21H2,1-4H3,(H,40,42)(H,41,43). The number of hydrogen-bond acceptors (Lipinski definition) is 7. The molecule has 0 bridgehead atoms. The fourth-order valence-corrected chi connectivity index (χ4v) is 5.45. The van der Waals surface area contributed by atoms with Gasteiger partial charge in [0.05, 0.1) is 30.9 Å². The normalized spacial score (nSPS) is 14.3. The SMILES string of the molecule is CCCC(NC(=O)C1(C(=O)Nc2ccc(F)cc2)CC1)c1ccc(Oc2ccnc3cc(OCCCC(C)(C)O)c(OC)cc23)cc1. The summed E-state index contributed by atoms with van der Waals surface area (Å²) in [5.74, 6) is 1.22. The molecule has 1 aromatic heterocycles. The van der Waals surface area contributed by atoms with Crippen molar-refractivity contribution in [2.75, 3.05) is 19.0 Å². The summed E-state index contributed by atoms with van der Waals surface area (Å²) >= 11 is 0. The third-order valence-electron chi connectivity index (χ3n) is 8.29. The zero-order valence-corrected chi connectivity index (χ0v) is 27.3. The van der Waals surface area contributed by atoms with Crippen molar-refractivity contribution in [2.24, 2.45) is 5.41 Å². The van der Waals surface area contributed by atoms with Gasteiger partial charge in [0, 0.05) is 23.3 Å². The van der Waals surface area contributed by atoms with Gasteiger partial charge in [-0.15, -0.1) is 0 Å². The van der Waals surface area contributed by atoms with Gasteiger partial charge in [-0.25, -0.2) is 4.39 Å². The average molecular weight is 644 g/mol. The second-order valence-electron chi connectivity index (χ2n) is 12.6. The molecule has 5 rings (SSSR count). The molecule has 0 aliphatic heterocycles. The first kappa shape index (κ1) is 33.7. The van der Waals surface area contributed by atoms with E-state index in [1.807, 2.05) is 43.3 Å². The molecule has 47 heavy (non-hydrogen) atoms. The Balaban J connectivity index is 1.26. The lowest BCUT2D eigenvalue weighted by Crippen LogP contribution is -2.41. The highest BCUT2D eigenvalue weighted by molar-refractivity contribution is 6.13. The Morgan fingerprint density at radius 2 is 1.72 bits per heavy atom. The van der Waals surface area contributed by atoms with E-state index in [1.54, 1.807) is 33.2 Å². The van der Waals surface area contributed by atoms with Crippen LogP contribution in [0.4, 0.5) is 10.1 Å².